The molecule has 0 radical (unpaired) electrons. The van der Waals surface area contributed by atoms with Gasteiger partial charge >= 0.3 is 0 Å². The van der Waals surface area contributed by atoms with Gasteiger partial charge < -0.3 is 14.6 Å². The van der Waals surface area contributed by atoms with Crippen molar-refractivity contribution in [1.82, 2.24) is 20.4 Å². The predicted molar refractivity (Wildman–Crippen MR) is 89.3 cm³/mol. The van der Waals surface area contributed by atoms with Crippen molar-refractivity contribution in [3.8, 4) is 0 Å². The second-order valence-corrected chi connectivity index (χ2v) is 5.86. The number of hydrogen-bond donors (Lipinski definition) is 1. The lowest BCUT2D eigenvalue weighted by molar-refractivity contribution is -0.125. The Balaban J connectivity index is 1.93. The number of nitrogens with zero attached hydrogens (tertiary/aromatic N) is 3. The van der Waals surface area contributed by atoms with E-state index in [9.17, 15) is 4.79 Å². The van der Waals surface area contributed by atoms with Gasteiger partial charge in [-0.05, 0) is 26.6 Å². The number of hydrogen-bond acceptors (Lipinski definition) is 6. The minimum absolute atomic E-state index is 0.0535. The van der Waals surface area contributed by atoms with Crippen molar-refractivity contribution in [2.45, 2.75) is 26.0 Å². The zero-order chi connectivity index (χ0) is 17.5. The second-order valence-electron chi connectivity index (χ2n) is 5.86. The molecule has 1 unspecified atom stereocenters. The Kier molecular flexibility index (Phi) is 6.45. The van der Waals surface area contributed by atoms with Gasteiger partial charge in [0.05, 0.1) is 0 Å². The smallest absolute Gasteiger partial charge is 0.241 e. The number of amides is 1. The molecule has 2 rings (SSSR count). The maximum absolute atomic E-state index is 12.6. The lowest BCUT2D eigenvalue weighted by Gasteiger charge is -2.24. The molecule has 0 fully saturated rings. The molecule has 1 aromatic carbocycles. The average molecular weight is 332 g/mol. The Labute approximate surface area is 142 Å². The molecule has 7 nitrogen and oxygen atoms in total. The molecular formula is C17H24N4O3. The molecule has 1 amide bonds. The number of methoxy groups -OCH3 is 1. The number of likely N-dealkylation sites (N-methyl/N-ethyl adjacent to an activating group) is 1. The van der Waals surface area contributed by atoms with Crippen LogP contribution in [0.1, 0.15) is 28.9 Å². The molecule has 0 aliphatic rings. The van der Waals surface area contributed by atoms with Crippen molar-refractivity contribution in [2.75, 3.05) is 27.7 Å². The molecule has 7 heteroatoms. The van der Waals surface area contributed by atoms with Gasteiger partial charge in [-0.3, -0.25) is 9.69 Å². The van der Waals surface area contributed by atoms with Crippen LogP contribution >= 0.6 is 0 Å². The van der Waals surface area contributed by atoms with Crippen LogP contribution in [-0.4, -0.2) is 48.7 Å². The molecule has 1 atom stereocenters. The van der Waals surface area contributed by atoms with E-state index in [2.05, 4.69) is 15.5 Å². The third-order valence-corrected chi connectivity index (χ3v) is 3.54. The van der Waals surface area contributed by atoms with Gasteiger partial charge in [0.25, 0.3) is 0 Å². The summed E-state index contributed by atoms with van der Waals surface area (Å²) in [6, 6.07) is 7.63. The summed E-state index contributed by atoms with van der Waals surface area (Å²) in [5.41, 5.74) is 2.10. The van der Waals surface area contributed by atoms with Crippen LogP contribution in [0.3, 0.4) is 0 Å². The molecular weight excluding hydrogens is 308 g/mol. The van der Waals surface area contributed by atoms with Gasteiger partial charge in [0.2, 0.25) is 11.8 Å². The van der Waals surface area contributed by atoms with Crippen LogP contribution in [0.15, 0.2) is 28.8 Å². The van der Waals surface area contributed by atoms with Crippen molar-refractivity contribution in [1.29, 1.82) is 0 Å². The van der Waals surface area contributed by atoms with Gasteiger partial charge in [-0.25, -0.2) is 0 Å². The standard InChI is InChI=1S/C17H24N4O3/c1-12-6-5-7-13(10-12)16(21(2)3)17(22)18-9-8-15-19-14(11-23-4)20-24-15/h5-7,10,16H,8-9,11H2,1-4H3,(H,18,22). The molecule has 1 aromatic heterocycles. The molecule has 0 saturated carbocycles. The minimum atomic E-state index is -0.336. The van der Waals surface area contributed by atoms with Gasteiger partial charge in [0, 0.05) is 20.1 Å². The molecule has 24 heavy (non-hydrogen) atoms. The largest absolute Gasteiger partial charge is 0.377 e. The Morgan fingerprint density at radius 2 is 2.21 bits per heavy atom. The molecule has 0 spiro atoms. The van der Waals surface area contributed by atoms with E-state index in [1.54, 1.807) is 7.11 Å². The van der Waals surface area contributed by atoms with Crippen molar-refractivity contribution in [3.63, 3.8) is 0 Å². The van der Waals surface area contributed by atoms with Gasteiger partial charge in [-0.15, -0.1) is 0 Å². The number of benzene rings is 1. The van der Waals surface area contributed by atoms with Crippen molar-refractivity contribution in [3.05, 3.63) is 47.1 Å². The van der Waals surface area contributed by atoms with E-state index in [0.717, 1.165) is 11.1 Å². The van der Waals surface area contributed by atoms with Gasteiger partial charge in [0.1, 0.15) is 12.6 Å². The molecule has 0 aliphatic heterocycles. The van der Waals surface area contributed by atoms with Crippen LogP contribution < -0.4 is 5.32 Å². The summed E-state index contributed by atoms with van der Waals surface area (Å²) in [6.07, 6.45) is 0.483. The van der Waals surface area contributed by atoms with Gasteiger partial charge in [-0.2, -0.15) is 4.98 Å². The summed E-state index contributed by atoms with van der Waals surface area (Å²) in [6.45, 7) is 2.76. The normalized spacial score (nSPS) is 12.4. The second kappa shape index (κ2) is 8.56. The van der Waals surface area contributed by atoms with E-state index >= 15 is 0 Å². The molecule has 0 saturated heterocycles. The average Bonchev–Trinajstić information content (AvgIpc) is 2.95. The van der Waals surface area contributed by atoms with Crippen LogP contribution in [0.5, 0.6) is 0 Å². The van der Waals surface area contributed by atoms with Crippen LogP contribution in [-0.2, 0) is 22.6 Å². The first-order valence-corrected chi connectivity index (χ1v) is 7.82. The highest BCUT2D eigenvalue weighted by molar-refractivity contribution is 5.83. The summed E-state index contributed by atoms with van der Waals surface area (Å²) >= 11 is 0. The Hall–Kier alpha value is -2.25. The first kappa shape index (κ1) is 18.1. The van der Waals surface area contributed by atoms with Crippen molar-refractivity contribution >= 4 is 5.91 Å². The number of aromatic nitrogens is 2. The lowest BCUT2D eigenvalue weighted by atomic mass is 10.0. The fraction of sp³-hybridized carbons (Fsp3) is 0.471. The SMILES string of the molecule is COCc1noc(CCNC(=O)C(c2cccc(C)c2)N(C)C)n1. The van der Waals surface area contributed by atoms with E-state index < -0.39 is 0 Å². The summed E-state index contributed by atoms with van der Waals surface area (Å²) in [7, 11) is 5.35. The fourth-order valence-corrected chi connectivity index (χ4v) is 2.49. The van der Waals surface area contributed by atoms with E-state index in [-0.39, 0.29) is 11.9 Å². The van der Waals surface area contributed by atoms with Crippen LogP contribution in [0.4, 0.5) is 0 Å². The monoisotopic (exact) mass is 332 g/mol. The van der Waals surface area contributed by atoms with Gasteiger partial charge in [-0.1, -0.05) is 35.0 Å². The molecule has 0 bridgehead atoms. The van der Waals surface area contributed by atoms with Crippen LogP contribution in [0.25, 0.3) is 0 Å². The Morgan fingerprint density at radius 3 is 2.88 bits per heavy atom. The fourth-order valence-electron chi connectivity index (χ4n) is 2.49. The zero-order valence-corrected chi connectivity index (χ0v) is 14.6. The molecule has 130 valence electrons. The number of nitrogens with one attached hydrogen (secondary N) is 1. The molecule has 1 N–H and O–H groups in total. The zero-order valence-electron chi connectivity index (χ0n) is 14.6. The van der Waals surface area contributed by atoms with Crippen LogP contribution in [0, 0.1) is 6.92 Å². The highest BCUT2D eigenvalue weighted by Gasteiger charge is 2.22. The number of ether oxygens (including phenoxy) is 1. The third-order valence-electron chi connectivity index (χ3n) is 3.54. The Bertz CT molecular complexity index is 669. The predicted octanol–water partition coefficient (Wildman–Crippen LogP) is 1.49. The summed E-state index contributed by atoms with van der Waals surface area (Å²) in [5, 5.41) is 6.72. The first-order chi connectivity index (χ1) is 11.5. The molecule has 0 aliphatic carbocycles. The quantitative estimate of drug-likeness (QED) is 0.789. The highest BCUT2D eigenvalue weighted by Crippen LogP contribution is 2.19. The number of rotatable bonds is 8. The van der Waals surface area contributed by atoms with E-state index in [1.807, 2.05) is 50.2 Å². The first-order valence-electron chi connectivity index (χ1n) is 7.82. The summed E-state index contributed by atoms with van der Waals surface area (Å²) in [4.78, 5) is 18.6. The lowest BCUT2D eigenvalue weighted by Crippen LogP contribution is -2.38. The van der Waals surface area contributed by atoms with Crippen molar-refractivity contribution < 1.29 is 14.1 Å². The Morgan fingerprint density at radius 1 is 1.42 bits per heavy atom. The van der Waals surface area contributed by atoms with Gasteiger partial charge in [0.15, 0.2) is 5.82 Å². The highest BCUT2D eigenvalue weighted by atomic mass is 16.5. The maximum Gasteiger partial charge on any atom is 0.241 e. The maximum atomic E-state index is 12.6. The number of carbonyl (C=O) groups excluding carboxylic acids is 1. The van der Waals surface area contributed by atoms with E-state index in [4.69, 9.17) is 9.26 Å². The summed E-state index contributed by atoms with van der Waals surface area (Å²) in [5.74, 6) is 0.936. The minimum Gasteiger partial charge on any atom is -0.377 e. The van der Waals surface area contributed by atoms with E-state index in [1.165, 1.54) is 0 Å². The molecule has 1 heterocycles. The van der Waals surface area contributed by atoms with E-state index in [0.29, 0.717) is 31.3 Å². The number of aryl methyl sites for hydroxylation is 1. The topological polar surface area (TPSA) is 80.5 Å². The third kappa shape index (κ3) is 4.87. The van der Waals surface area contributed by atoms with Crippen LogP contribution in [0.2, 0.25) is 0 Å². The molecule has 2 aromatic rings. The number of carbonyl (C=O) groups is 1. The van der Waals surface area contributed by atoms with Crippen molar-refractivity contribution in [2.24, 2.45) is 0 Å². The summed E-state index contributed by atoms with van der Waals surface area (Å²) < 4.78 is 10.0.